The summed E-state index contributed by atoms with van der Waals surface area (Å²) in [5.41, 5.74) is 0. The summed E-state index contributed by atoms with van der Waals surface area (Å²) in [7, 11) is 0. The number of carboxylic acids is 1. The first-order valence-corrected chi connectivity index (χ1v) is 4.94. The van der Waals surface area contributed by atoms with E-state index < -0.39 is 12.1 Å². The van der Waals surface area contributed by atoms with Crippen LogP contribution >= 0.6 is 27.5 Å². The van der Waals surface area contributed by atoms with Crippen molar-refractivity contribution in [2.24, 2.45) is 0 Å². The Bertz CT molecular complexity index is 136. The third-order valence-corrected chi connectivity index (χ3v) is 1.59. The van der Waals surface area contributed by atoms with Crippen molar-refractivity contribution in [3.05, 3.63) is 0 Å². The zero-order valence-corrected chi connectivity index (χ0v) is 8.92. The summed E-state index contributed by atoms with van der Waals surface area (Å²) in [5.74, 6) is -1.96. The molecular weight excluding hydrogens is 276 g/mol. The maximum absolute atomic E-state index is 10.6. The van der Waals surface area contributed by atoms with Crippen LogP contribution in [0.15, 0.2) is 0 Å². The van der Waals surface area contributed by atoms with Crippen molar-refractivity contribution in [3.63, 3.8) is 0 Å². The number of carbonyl (C=O) groups is 1. The van der Waals surface area contributed by atoms with Gasteiger partial charge >= 0.3 is 12.1 Å². The molecule has 0 spiro atoms. The molecule has 0 saturated carbocycles. The number of carboxylic acid groups (broad SMARTS) is 1. The molecule has 0 aromatic heterocycles. The van der Waals surface area contributed by atoms with Gasteiger partial charge in [-0.15, -0.1) is 11.6 Å². The van der Waals surface area contributed by atoms with Crippen LogP contribution in [-0.4, -0.2) is 28.5 Å². The minimum Gasteiger partial charge on any atom is -0.475 e. The standard InChI is InChI=1S/C4H8BrCl.C2HF3O2/c5-3-1-2-4-6;3-2(4,5)1(6)7/h1-4H2;(H,6,7). The van der Waals surface area contributed by atoms with E-state index in [1.54, 1.807) is 0 Å². The van der Waals surface area contributed by atoms with Gasteiger partial charge < -0.3 is 5.11 Å². The topological polar surface area (TPSA) is 37.3 Å². The Morgan fingerprint density at radius 2 is 1.77 bits per heavy atom. The minimum atomic E-state index is -5.08. The fraction of sp³-hybridized carbons (Fsp3) is 0.833. The predicted octanol–water partition coefficient (Wildman–Crippen LogP) is 3.03. The van der Waals surface area contributed by atoms with Crippen LogP contribution in [0.2, 0.25) is 0 Å². The van der Waals surface area contributed by atoms with E-state index in [1.165, 1.54) is 6.42 Å². The van der Waals surface area contributed by atoms with Gasteiger partial charge in [0.15, 0.2) is 0 Å². The lowest BCUT2D eigenvalue weighted by molar-refractivity contribution is -0.192. The molecule has 0 aromatic rings. The molecule has 80 valence electrons. The zero-order valence-electron chi connectivity index (χ0n) is 6.57. The Morgan fingerprint density at radius 3 is 1.85 bits per heavy atom. The Balaban J connectivity index is 0. The molecule has 0 heterocycles. The second-order valence-corrected chi connectivity index (χ2v) is 3.06. The van der Waals surface area contributed by atoms with Crippen LogP contribution in [0.3, 0.4) is 0 Å². The van der Waals surface area contributed by atoms with E-state index in [0.717, 1.165) is 17.6 Å². The van der Waals surface area contributed by atoms with Gasteiger partial charge in [-0.3, -0.25) is 0 Å². The summed E-state index contributed by atoms with van der Waals surface area (Å²) in [5, 5.41) is 8.21. The third-order valence-electron chi connectivity index (χ3n) is 0.760. The lowest BCUT2D eigenvalue weighted by Crippen LogP contribution is -2.21. The number of halogens is 5. The van der Waals surface area contributed by atoms with Crippen molar-refractivity contribution in [3.8, 4) is 0 Å². The first-order chi connectivity index (χ1) is 5.86. The average Bonchev–Trinajstić information content (AvgIpc) is 2.00. The van der Waals surface area contributed by atoms with Crippen LogP contribution in [0, 0.1) is 0 Å². The Hall–Kier alpha value is 0.0300. The van der Waals surface area contributed by atoms with Gasteiger partial charge in [-0.1, -0.05) is 15.9 Å². The normalized spacial score (nSPS) is 10.2. The van der Waals surface area contributed by atoms with Gasteiger partial charge in [0.2, 0.25) is 0 Å². The molecule has 1 N–H and O–H groups in total. The van der Waals surface area contributed by atoms with Gasteiger partial charge in [0, 0.05) is 11.2 Å². The minimum absolute atomic E-state index is 0.797. The average molecular weight is 285 g/mol. The molecule has 0 aromatic carbocycles. The summed E-state index contributed by atoms with van der Waals surface area (Å²) in [6.07, 6.45) is -2.75. The Kier molecular flexibility index (Phi) is 10.3. The van der Waals surface area contributed by atoms with E-state index in [9.17, 15) is 13.2 Å². The molecule has 0 radical (unpaired) electrons. The molecule has 0 aliphatic rings. The summed E-state index contributed by atoms with van der Waals surface area (Å²) < 4.78 is 31.7. The van der Waals surface area contributed by atoms with Crippen molar-refractivity contribution in [2.75, 3.05) is 11.2 Å². The van der Waals surface area contributed by atoms with E-state index in [4.69, 9.17) is 21.5 Å². The Morgan fingerprint density at radius 1 is 1.38 bits per heavy atom. The number of rotatable bonds is 3. The van der Waals surface area contributed by atoms with Crippen molar-refractivity contribution < 1.29 is 23.1 Å². The number of alkyl halides is 5. The van der Waals surface area contributed by atoms with E-state index in [-0.39, 0.29) is 0 Å². The molecule has 0 unspecified atom stereocenters. The second-order valence-electron chi connectivity index (χ2n) is 1.89. The summed E-state index contributed by atoms with van der Waals surface area (Å²) in [4.78, 5) is 8.90. The quantitative estimate of drug-likeness (QED) is 0.639. The molecule has 0 bridgehead atoms. The number of hydrogen-bond acceptors (Lipinski definition) is 1. The highest BCUT2D eigenvalue weighted by molar-refractivity contribution is 9.09. The third kappa shape index (κ3) is 14.8. The van der Waals surface area contributed by atoms with Crippen LogP contribution in [-0.2, 0) is 4.79 Å². The van der Waals surface area contributed by atoms with Crippen molar-refractivity contribution in [1.82, 2.24) is 0 Å². The molecular formula is C6H9BrClF3O2. The zero-order chi connectivity index (χ0) is 10.9. The van der Waals surface area contributed by atoms with Crippen molar-refractivity contribution in [1.29, 1.82) is 0 Å². The maximum Gasteiger partial charge on any atom is 0.490 e. The van der Waals surface area contributed by atoms with Crippen LogP contribution in [0.4, 0.5) is 13.2 Å². The monoisotopic (exact) mass is 284 g/mol. The van der Waals surface area contributed by atoms with Crippen LogP contribution in [0.1, 0.15) is 12.8 Å². The van der Waals surface area contributed by atoms with Crippen LogP contribution in [0.5, 0.6) is 0 Å². The molecule has 7 heteroatoms. The highest BCUT2D eigenvalue weighted by atomic mass is 79.9. The van der Waals surface area contributed by atoms with Gasteiger partial charge in [-0.05, 0) is 12.8 Å². The second kappa shape index (κ2) is 8.62. The lowest BCUT2D eigenvalue weighted by atomic mass is 10.4. The largest absolute Gasteiger partial charge is 0.490 e. The molecule has 0 aliphatic heterocycles. The molecule has 0 saturated heterocycles. The predicted molar refractivity (Wildman–Crippen MR) is 47.4 cm³/mol. The SMILES string of the molecule is ClCCCCBr.O=C(O)C(F)(F)F. The van der Waals surface area contributed by atoms with Gasteiger partial charge in [-0.25, -0.2) is 4.79 Å². The van der Waals surface area contributed by atoms with E-state index in [2.05, 4.69) is 15.9 Å². The van der Waals surface area contributed by atoms with E-state index >= 15 is 0 Å². The summed E-state index contributed by atoms with van der Waals surface area (Å²) in [6, 6.07) is 0. The van der Waals surface area contributed by atoms with Crippen molar-refractivity contribution in [2.45, 2.75) is 19.0 Å². The van der Waals surface area contributed by atoms with Gasteiger partial charge in [0.1, 0.15) is 0 Å². The molecule has 0 amide bonds. The molecule has 2 nitrogen and oxygen atoms in total. The molecule has 0 fully saturated rings. The number of hydrogen-bond donors (Lipinski definition) is 1. The summed E-state index contributed by atoms with van der Waals surface area (Å²) in [6.45, 7) is 0. The van der Waals surface area contributed by atoms with Crippen LogP contribution in [0.25, 0.3) is 0 Å². The fourth-order valence-electron chi connectivity index (χ4n) is 0.189. The first kappa shape index (κ1) is 15.5. The van der Waals surface area contributed by atoms with Crippen molar-refractivity contribution >= 4 is 33.5 Å². The smallest absolute Gasteiger partial charge is 0.475 e. The Labute approximate surface area is 87.2 Å². The highest BCUT2D eigenvalue weighted by Gasteiger charge is 2.38. The van der Waals surface area contributed by atoms with E-state index in [0.29, 0.717) is 0 Å². The van der Waals surface area contributed by atoms with Crippen LogP contribution < -0.4 is 0 Å². The lowest BCUT2D eigenvalue weighted by Gasteiger charge is -1.93. The summed E-state index contributed by atoms with van der Waals surface area (Å²) >= 11 is 8.65. The van der Waals surface area contributed by atoms with Gasteiger partial charge in [0.05, 0.1) is 0 Å². The molecule has 0 rings (SSSR count). The molecule has 0 atom stereocenters. The molecule has 13 heavy (non-hydrogen) atoms. The maximum atomic E-state index is 10.6. The van der Waals surface area contributed by atoms with Gasteiger partial charge in [0.25, 0.3) is 0 Å². The first-order valence-electron chi connectivity index (χ1n) is 3.28. The van der Waals surface area contributed by atoms with Gasteiger partial charge in [-0.2, -0.15) is 13.2 Å². The van der Waals surface area contributed by atoms with E-state index in [1.807, 2.05) is 0 Å². The molecule has 0 aliphatic carbocycles. The fourth-order valence-corrected chi connectivity index (χ4v) is 0.774. The number of aliphatic carboxylic acids is 1. The highest BCUT2D eigenvalue weighted by Crippen LogP contribution is 2.13. The number of unbranched alkanes of at least 4 members (excludes halogenated alkanes) is 1.